The van der Waals surface area contributed by atoms with E-state index >= 15 is 0 Å². The first-order chi connectivity index (χ1) is 13.2. The van der Waals surface area contributed by atoms with Gasteiger partial charge in [-0.25, -0.2) is 0 Å². The van der Waals surface area contributed by atoms with E-state index in [0.717, 1.165) is 32.8 Å². The van der Waals surface area contributed by atoms with Gasteiger partial charge in [-0.2, -0.15) is 0 Å². The summed E-state index contributed by atoms with van der Waals surface area (Å²) >= 11 is 0. The number of nitrogens with zero attached hydrogens (tertiary/aromatic N) is 2. The average Bonchev–Trinajstić information content (AvgIpc) is 2.89. The molecule has 4 nitrogen and oxygen atoms in total. The van der Waals surface area contributed by atoms with Crippen LogP contribution in [-0.4, -0.2) is 48.6 Å². The van der Waals surface area contributed by atoms with Gasteiger partial charge in [0.05, 0.1) is 19.3 Å². The Labute approximate surface area is 161 Å². The van der Waals surface area contributed by atoms with Crippen molar-refractivity contribution in [3.8, 4) is 0 Å². The van der Waals surface area contributed by atoms with Crippen LogP contribution in [0.25, 0.3) is 0 Å². The first-order valence-electron chi connectivity index (χ1n) is 9.84. The second-order valence-corrected chi connectivity index (χ2v) is 8.03. The van der Waals surface area contributed by atoms with Gasteiger partial charge < -0.3 is 9.64 Å². The second-order valence-electron chi connectivity index (χ2n) is 8.03. The standard InChI is InChI=1S/C23H28N2O2/c1-19(21-10-6-3-7-11-21)25-17-23(14-22(25)26)16-24(12-13-27-18-23)15-20-8-4-2-5-9-20/h2-11,19H,12-18H2,1H3/t19-,23-/m1/s1. The van der Waals surface area contributed by atoms with E-state index in [1.807, 2.05) is 23.1 Å². The molecule has 2 fully saturated rings. The summed E-state index contributed by atoms with van der Waals surface area (Å²) in [5.74, 6) is 0.247. The number of carbonyl (C=O) groups excluding carboxylic acids is 1. The van der Waals surface area contributed by atoms with Crippen LogP contribution in [-0.2, 0) is 16.1 Å². The summed E-state index contributed by atoms with van der Waals surface area (Å²) < 4.78 is 5.96. The second kappa shape index (κ2) is 7.83. The first kappa shape index (κ1) is 18.2. The van der Waals surface area contributed by atoms with Crippen LogP contribution in [0.5, 0.6) is 0 Å². The Bertz CT molecular complexity index is 764. The lowest BCUT2D eigenvalue weighted by Crippen LogP contribution is -2.40. The number of carbonyl (C=O) groups is 1. The van der Waals surface area contributed by atoms with E-state index in [2.05, 4.69) is 54.3 Å². The van der Waals surface area contributed by atoms with Gasteiger partial charge in [0.25, 0.3) is 0 Å². The fraction of sp³-hybridized carbons (Fsp3) is 0.435. The quantitative estimate of drug-likeness (QED) is 0.832. The summed E-state index contributed by atoms with van der Waals surface area (Å²) in [6, 6.07) is 21.0. The number of hydrogen-bond acceptors (Lipinski definition) is 3. The normalized spacial score (nSPS) is 24.9. The van der Waals surface area contributed by atoms with Gasteiger partial charge in [-0.15, -0.1) is 0 Å². The fourth-order valence-electron chi connectivity index (χ4n) is 4.45. The van der Waals surface area contributed by atoms with Crippen molar-refractivity contribution in [2.24, 2.45) is 5.41 Å². The minimum Gasteiger partial charge on any atom is -0.379 e. The molecule has 0 aromatic heterocycles. The minimum atomic E-state index is -0.106. The molecular formula is C23H28N2O2. The van der Waals surface area contributed by atoms with Crippen LogP contribution in [0.15, 0.2) is 60.7 Å². The molecule has 0 saturated carbocycles. The summed E-state index contributed by atoms with van der Waals surface area (Å²) in [5, 5.41) is 0. The SMILES string of the molecule is C[C@H](c1ccccc1)N1C[C@@]2(COCCN(Cc3ccccc3)C2)CC1=O. The Kier molecular flexibility index (Phi) is 5.28. The molecule has 2 aliphatic rings. The molecule has 142 valence electrons. The van der Waals surface area contributed by atoms with E-state index < -0.39 is 0 Å². The van der Waals surface area contributed by atoms with Crippen molar-refractivity contribution in [1.82, 2.24) is 9.80 Å². The molecule has 1 spiro atoms. The zero-order chi connectivity index (χ0) is 18.7. The van der Waals surface area contributed by atoms with Crippen LogP contribution in [0.1, 0.15) is 30.5 Å². The Morgan fingerprint density at radius 1 is 1.04 bits per heavy atom. The maximum absolute atomic E-state index is 12.9. The highest BCUT2D eigenvalue weighted by Gasteiger charge is 2.46. The van der Waals surface area contributed by atoms with Crippen LogP contribution < -0.4 is 0 Å². The number of benzene rings is 2. The van der Waals surface area contributed by atoms with E-state index in [1.165, 1.54) is 11.1 Å². The van der Waals surface area contributed by atoms with Crippen LogP contribution in [0.4, 0.5) is 0 Å². The van der Waals surface area contributed by atoms with Gasteiger partial charge in [0.2, 0.25) is 5.91 Å². The van der Waals surface area contributed by atoms with Crippen LogP contribution in [0.2, 0.25) is 0 Å². The molecule has 2 aromatic rings. The summed E-state index contributed by atoms with van der Waals surface area (Å²) in [6.45, 7) is 7.04. The molecule has 2 aromatic carbocycles. The predicted molar refractivity (Wildman–Crippen MR) is 106 cm³/mol. The summed E-state index contributed by atoms with van der Waals surface area (Å²) in [7, 11) is 0. The van der Waals surface area contributed by atoms with Gasteiger partial charge >= 0.3 is 0 Å². The molecule has 2 aliphatic heterocycles. The lowest BCUT2D eigenvalue weighted by atomic mass is 9.87. The maximum Gasteiger partial charge on any atom is 0.223 e. The van der Waals surface area contributed by atoms with Crippen molar-refractivity contribution < 1.29 is 9.53 Å². The topological polar surface area (TPSA) is 32.8 Å². The first-order valence-corrected chi connectivity index (χ1v) is 9.84. The molecule has 2 saturated heterocycles. The van der Waals surface area contributed by atoms with E-state index in [1.54, 1.807) is 0 Å². The Hall–Kier alpha value is -2.17. The van der Waals surface area contributed by atoms with Crippen molar-refractivity contribution in [2.45, 2.75) is 25.9 Å². The Morgan fingerprint density at radius 2 is 1.74 bits per heavy atom. The molecule has 4 heteroatoms. The Balaban J connectivity index is 1.49. The number of likely N-dealkylation sites (tertiary alicyclic amines) is 1. The summed E-state index contributed by atoms with van der Waals surface area (Å²) in [6.07, 6.45) is 0.579. The highest BCUT2D eigenvalue weighted by atomic mass is 16.5. The lowest BCUT2D eigenvalue weighted by molar-refractivity contribution is -0.129. The summed E-state index contributed by atoms with van der Waals surface area (Å²) in [5.41, 5.74) is 2.40. The van der Waals surface area contributed by atoms with Crippen LogP contribution in [0.3, 0.4) is 0 Å². The van der Waals surface area contributed by atoms with Crippen LogP contribution in [0, 0.1) is 5.41 Å². The highest BCUT2D eigenvalue weighted by Crippen LogP contribution is 2.38. The van der Waals surface area contributed by atoms with Crippen molar-refractivity contribution in [2.75, 3.05) is 32.8 Å². The van der Waals surface area contributed by atoms with E-state index in [9.17, 15) is 4.79 Å². The third kappa shape index (κ3) is 4.07. The lowest BCUT2D eigenvalue weighted by Gasteiger charge is -2.33. The Morgan fingerprint density at radius 3 is 2.48 bits per heavy atom. The molecule has 0 aliphatic carbocycles. The molecule has 0 N–H and O–H groups in total. The smallest absolute Gasteiger partial charge is 0.223 e. The fourth-order valence-corrected chi connectivity index (χ4v) is 4.45. The molecule has 1 amide bonds. The molecule has 4 rings (SSSR count). The molecule has 2 heterocycles. The van der Waals surface area contributed by atoms with E-state index in [4.69, 9.17) is 4.74 Å². The molecule has 0 bridgehead atoms. The molecule has 0 unspecified atom stereocenters. The monoisotopic (exact) mass is 364 g/mol. The largest absolute Gasteiger partial charge is 0.379 e. The zero-order valence-corrected chi connectivity index (χ0v) is 16.0. The zero-order valence-electron chi connectivity index (χ0n) is 16.0. The molecular weight excluding hydrogens is 336 g/mol. The van der Waals surface area contributed by atoms with Gasteiger partial charge in [0.1, 0.15) is 0 Å². The van der Waals surface area contributed by atoms with Gasteiger partial charge in [0.15, 0.2) is 0 Å². The average molecular weight is 364 g/mol. The van der Waals surface area contributed by atoms with Gasteiger partial charge in [-0.05, 0) is 18.1 Å². The maximum atomic E-state index is 12.9. The van der Waals surface area contributed by atoms with Crippen molar-refractivity contribution in [1.29, 1.82) is 0 Å². The number of rotatable bonds is 4. The predicted octanol–water partition coefficient (Wildman–Crippen LogP) is 3.50. The van der Waals surface area contributed by atoms with Crippen molar-refractivity contribution in [3.63, 3.8) is 0 Å². The number of amides is 1. The van der Waals surface area contributed by atoms with Crippen molar-refractivity contribution >= 4 is 5.91 Å². The minimum absolute atomic E-state index is 0.101. The third-order valence-corrected chi connectivity index (χ3v) is 5.87. The van der Waals surface area contributed by atoms with E-state index in [0.29, 0.717) is 13.0 Å². The molecule has 0 radical (unpaired) electrons. The molecule has 27 heavy (non-hydrogen) atoms. The summed E-state index contributed by atoms with van der Waals surface area (Å²) in [4.78, 5) is 17.4. The molecule has 2 atom stereocenters. The van der Waals surface area contributed by atoms with Gasteiger partial charge in [-0.3, -0.25) is 9.69 Å². The van der Waals surface area contributed by atoms with Gasteiger partial charge in [0, 0.05) is 38.0 Å². The van der Waals surface area contributed by atoms with E-state index in [-0.39, 0.29) is 17.4 Å². The van der Waals surface area contributed by atoms with Gasteiger partial charge in [-0.1, -0.05) is 60.7 Å². The van der Waals surface area contributed by atoms with Crippen LogP contribution >= 0.6 is 0 Å². The third-order valence-electron chi connectivity index (χ3n) is 5.87. The van der Waals surface area contributed by atoms with Crippen molar-refractivity contribution in [3.05, 3.63) is 71.8 Å². The number of hydrogen-bond donors (Lipinski definition) is 0. The number of ether oxygens (including phenoxy) is 1. The highest BCUT2D eigenvalue weighted by molar-refractivity contribution is 5.80.